The molecular formula is C28H31NO5. The number of hydrogen-bond donors (Lipinski definition) is 1. The summed E-state index contributed by atoms with van der Waals surface area (Å²) in [4.78, 5) is 12.3. The number of carbonyl (C=O) groups is 1. The molecule has 4 atom stereocenters. The van der Waals surface area contributed by atoms with E-state index in [9.17, 15) is 10.0 Å². The minimum atomic E-state index is -0.481. The molecule has 3 aromatic rings. The van der Waals surface area contributed by atoms with E-state index in [4.69, 9.17) is 14.2 Å². The molecule has 1 saturated heterocycles. The summed E-state index contributed by atoms with van der Waals surface area (Å²) in [5, 5.41) is 12.3. The Labute approximate surface area is 200 Å². The number of hydrogen-bond acceptors (Lipinski definition) is 6. The molecule has 1 aliphatic heterocycles. The lowest BCUT2D eigenvalue weighted by atomic mass is 9.86. The lowest BCUT2D eigenvalue weighted by Gasteiger charge is -2.32. The third-order valence-electron chi connectivity index (χ3n) is 6.26. The van der Waals surface area contributed by atoms with Gasteiger partial charge >= 0.3 is 5.97 Å². The van der Waals surface area contributed by atoms with E-state index in [2.05, 4.69) is 0 Å². The zero-order valence-electron chi connectivity index (χ0n) is 19.3. The fourth-order valence-corrected chi connectivity index (χ4v) is 4.53. The zero-order chi connectivity index (χ0) is 23.8. The predicted molar refractivity (Wildman–Crippen MR) is 128 cm³/mol. The van der Waals surface area contributed by atoms with E-state index in [1.54, 1.807) is 0 Å². The van der Waals surface area contributed by atoms with Crippen molar-refractivity contribution in [1.29, 1.82) is 0 Å². The Morgan fingerprint density at radius 1 is 0.882 bits per heavy atom. The number of methoxy groups -OCH3 is 1. The Hall–Kier alpha value is -3.03. The topological polar surface area (TPSA) is 68.2 Å². The van der Waals surface area contributed by atoms with Gasteiger partial charge in [-0.2, -0.15) is 5.06 Å². The molecule has 0 spiro atoms. The second kappa shape index (κ2) is 11.9. The minimum Gasteiger partial charge on any atom is -0.469 e. The molecule has 1 heterocycles. The van der Waals surface area contributed by atoms with Crippen molar-refractivity contribution in [1.82, 2.24) is 5.06 Å². The molecule has 0 bridgehead atoms. The summed E-state index contributed by atoms with van der Waals surface area (Å²) in [7, 11) is 1.38. The van der Waals surface area contributed by atoms with Crippen LogP contribution in [0.4, 0.5) is 0 Å². The van der Waals surface area contributed by atoms with Gasteiger partial charge in [0.15, 0.2) is 0 Å². The Kier molecular flexibility index (Phi) is 8.44. The fourth-order valence-electron chi connectivity index (χ4n) is 4.53. The third kappa shape index (κ3) is 6.10. The first-order valence-corrected chi connectivity index (χ1v) is 11.5. The van der Waals surface area contributed by atoms with Crippen LogP contribution in [0.1, 0.15) is 29.0 Å². The first-order valence-electron chi connectivity index (χ1n) is 11.5. The maximum Gasteiger partial charge on any atom is 0.306 e. The summed E-state index contributed by atoms with van der Waals surface area (Å²) < 4.78 is 17.7. The monoisotopic (exact) mass is 461 g/mol. The van der Waals surface area contributed by atoms with Crippen molar-refractivity contribution in [3.05, 3.63) is 108 Å². The van der Waals surface area contributed by atoms with Gasteiger partial charge in [-0.25, -0.2) is 0 Å². The van der Waals surface area contributed by atoms with Crippen LogP contribution in [0, 0.1) is 0 Å². The number of esters is 1. The minimum absolute atomic E-state index is 0.124. The number of hydroxylamine groups is 2. The molecule has 0 unspecified atom stereocenters. The lowest BCUT2D eigenvalue weighted by Crippen LogP contribution is -2.42. The van der Waals surface area contributed by atoms with Crippen LogP contribution in [-0.4, -0.2) is 48.1 Å². The molecule has 0 aliphatic carbocycles. The van der Waals surface area contributed by atoms with Crippen molar-refractivity contribution in [2.24, 2.45) is 0 Å². The van der Waals surface area contributed by atoms with Crippen LogP contribution in [0.3, 0.4) is 0 Å². The van der Waals surface area contributed by atoms with Gasteiger partial charge in [0.05, 0.1) is 39.3 Å². The highest BCUT2D eigenvalue weighted by atomic mass is 16.6. The van der Waals surface area contributed by atoms with E-state index in [0.29, 0.717) is 13.2 Å². The number of carbonyl (C=O) groups excluding carboxylic acids is 1. The lowest BCUT2D eigenvalue weighted by molar-refractivity contribution is -0.148. The number of nitrogens with zero attached hydrogens (tertiary/aromatic N) is 1. The molecule has 0 radical (unpaired) electrons. The molecule has 4 rings (SSSR count). The summed E-state index contributed by atoms with van der Waals surface area (Å²) in [6.07, 6.45) is -0.703. The molecule has 1 fully saturated rings. The van der Waals surface area contributed by atoms with Crippen molar-refractivity contribution in [2.45, 2.75) is 43.8 Å². The highest BCUT2D eigenvalue weighted by Crippen LogP contribution is 2.36. The fraction of sp³-hybridized carbons (Fsp3) is 0.321. The van der Waals surface area contributed by atoms with Gasteiger partial charge in [-0.15, -0.1) is 0 Å². The van der Waals surface area contributed by atoms with Crippen molar-refractivity contribution >= 4 is 5.97 Å². The van der Waals surface area contributed by atoms with Crippen LogP contribution in [0.5, 0.6) is 0 Å². The summed E-state index contributed by atoms with van der Waals surface area (Å²) in [6.45, 7) is 1.06. The third-order valence-corrected chi connectivity index (χ3v) is 6.26. The van der Waals surface area contributed by atoms with Crippen molar-refractivity contribution in [3.8, 4) is 0 Å². The quantitative estimate of drug-likeness (QED) is 0.446. The van der Waals surface area contributed by atoms with Crippen LogP contribution in [0.15, 0.2) is 91.0 Å². The molecule has 3 aromatic carbocycles. The Balaban J connectivity index is 1.60. The van der Waals surface area contributed by atoms with Gasteiger partial charge in [-0.1, -0.05) is 91.0 Å². The van der Waals surface area contributed by atoms with Crippen LogP contribution >= 0.6 is 0 Å². The second-order valence-corrected chi connectivity index (χ2v) is 8.51. The summed E-state index contributed by atoms with van der Waals surface area (Å²) >= 11 is 0. The number of benzene rings is 3. The zero-order valence-corrected chi connectivity index (χ0v) is 19.3. The van der Waals surface area contributed by atoms with Crippen LogP contribution in [-0.2, 0) is 32.2 Å². The van der Waals surface area contributed by atoms with E-state index in [1.807, 2.05) is 91.0 Å². The largest absolute Gasteiger partial charge is 0.469 e. The van der Waals surface area contributed by atoms with Gasteiger partial charge in [0.2, 0.25) is 0 Å². The molecule has 1 aliphatic rings. The molecule has 6 heteroatoms. The molecule has 6 nitrogen and oxygen atoms in total. The molecule has 1 N–H and O–H groups in total. The molecule has 34 heavy (non-hydrogen) atoms. The normalized spacial score (nSPS) is 21.3. The average Bonchev–Trinajstić information content (AvgIpc) is 3.20. The number of ether oxygens (including phenoxy) is 3. The first-order chi connectivity index (χ1) is 16.7. The average molecular weight is 462 g/mol. The van der Waals surface area contributed by atoms with Gasteiger partial charge in [0.25, 0.3) is 0 Å². The Morgan fingerprint density at radius 2 is 1.41 bits per heavy atom. The predicted octanol–water partition coefficient (Wildman–Crippen LogP) is 4.58. The van der Waals surface area contributed by atoms with Crippen LogP contribution < -0.4 is 0 Å². The Bertz CT molecular complexity index is 1010. The standard InChI is InChI=1S/C28H31NO5/c1-32-26(30)17-24(23-15-9-4-10-16-23)27-28(34-20-22-13-7-3-8-14-22)25(18-29(27)31)33-19-21-11-5-2-6-12-21/h2-16,24-25,27-28,31H,17-20H2,1H3/t24-,25+,27+,28-/m1/s1. The van der Waals surface area contributed by atoms with Gasteiger partial charge < -0.3 is 19.4 Å². The number of rotatable bonds is 10. The van der Waals surface area contributed by atoms with E-state index in [1.165, 1.54) is 12.2 Å². The second-order valence-electron chi connectivity index (χ2n) is 8.51. The first kappa shape index (κ1) is 24.1. The molecule has 0 amide bonds. The van der Waals surface area contributed by atoms with Crippen molar-refractivity contribution in [2.75, 3.05) is 13.7 Å². The van der Waals surface area contributed by atoms with Crippen LogP contribution in [0.2, 0.25) is 0 Å². The SMILES string of the molecule is COC(=O)C[C@H](c1ccccc1)[C@H]1[C@H](OCc2ccccc2)[C@@H](OCc2ccccc2)CN1O. The van der Waals surface area contributed by atoms with Gasteiger partial charge in [0.1, 0.15) is 12.2 Å². The summed E-state index contributed by atoms with van der Waals surface area (Å²) in [5.41, 5.74) is 3.02. The highest BCUT2D eigenvalue weighted by molar-refractivity contribution is 5.70. The van der Waals surface area contributed by atoms with Gasteiger partial charge in [0, 0.05) is 5.92 Å². The van der Waals surface area contributed by atoms with E-state index < -0.39 is 12.1 Å². The smallest absolute Gasteiger partial charge is 0.306 e. The van der Waals surface area contributed by atoms with Crippen LogP contribution in [0.25, 0.3) is 0 Å². The highest BCUT2D eigenvalue weighted by Gasteiger charge is 2.48. The summed E-state index contributed by atoms with van der Waals surface area (Å²) in [6, 6.07) is 29.1. The molecule has 0 aromatic heterocycles. The van der Waals surface area contributed by atoms with E-state index >= 15 is 0 Å². The van der Waals surface area contributed by atoms with E-state index in [-0.39, 0.29) is 31.0 Å². The van der Waals surface area contributed by atoms with E-state index in [0.717, 1.165) is 16.7 Å². The maximum atomic E-state index is 12.3. The molecular weight excluding hydrogens is 430 g/mol. The molecule has 178 valence electrons. The van der Waals surface area contributed by atoms with Gasteiger partial charge in [-0.3, -0.25) is 4.79 Å². The Morgan fingerprint density at radius 3 is 1.97 bits per heavy atom. The van der Waals surface area contributed by atoms with Crippen molar-refractivity contribution in [3.63, 3.8) is 0 Å². The summed E-state index contributed by atoms with van der Waals surface area (Å²) in [5.74, 6) is -0.664. The molecule has 0 saturated carbocycles. The van der Waals surface area contributed by atoms with Gasteiger partial charge in [-0.05, 0) is 16.7 Å². The van der Waals surface area contributed by atoms with Crippen molar-refractivity contribution < 1.29 is 24.2 Å². The maximum absolute atomic E-state index is 12.3.